The number of Topliss-reactive ketones (excluding diaryl/α,β-unsaturated/α-hetero) is 1. The molecule has 0 saturated heterocycles. The number of carbonyl (C=O) groups is 1. The van der Waals surface area contributed by atoms with Crippen molar-refractivity contribution < 1.29 is 4.79 Å². The molecule has 0 unspecified atom stereocenters. The summed E-state index contributed by atoms with van der Waals surface area (Å²) in [5.41, 5.74) is 1.06. The molecule has 1 aromatic heterocycles. The molecule has 88 valence electrons. The first-order chi connectivity index (χ1) is 7.67. The van der Waals surface area contributed by atoms with Gasteiger partial charge in [-0.1, -0.05) is 11.3 Å². The zero-order chi connectivity index (χ0) is 11.7. The molecule has 0 radical (unpaired) electrons. The summed E-state index contributed by atoms with van der Waals surface area (Å²) in [6.45, 7) is 7.78. The lowest BCUT2D eigenvalue weighted by Crippen LogP contribution is -2.21. The Balaban J connectivity index is 2.33. The molecule has 16 heavy (non-hydrogen) atoms. The zero-order valence-corrected chi connectivity index (χ0v) is 10.9. The SMILES string of the molecule is CCN(CC)c1nc(C2CC2)c(C(C)=O)s1. The van der Waals surface area contributed by atoms with Gasteiger partial charge in [0.05, 0.1) is 10.6 Å². The van der Waals surface area contributed by atoms with E-state index in [1.807, 2.05) is 0 Å². The van der Waals surface area contributed by atoms with Gasteiger partial charge in [-0.25, -0.2) is 4.98 Å². The fourth-order valence-electron chi connectivity index (χ4n) is 1.84. The van der Waals surface area contributed by atoms with Gasteiger partial charge in [-0.05, 0) is 26.7 Å². The lowest BCUT2D eigenvalue weighted by atomic mass is 10.2. The predicted octanol–water partition coefficient (Wildman–Crippen LogP) is 3.07. The molecule has 4 heteroatoms. The topological polar surface area (TPSA) is 33.2 Å². The first kappa shape index (κ1) is 11.6. The molecular formula is C12H18N2OS. The quantitative estimate of drug-likeness (QED) is 0.739. The van der Waals surface area contributed by atoms with Crippen LogP contribution in [0.4, 0.5) is 5.13 Å². The molecular weight excluding hydrogens is 220 g/mol. The molecule has 2 rings (SSSR count). The van der Waals surface area contributed by atoms with E-state index in [2.05, 4.69) is 23.7 Å². The van der Waals surface area contributed by atoms with E-state index >= 15 is 0 Å². The van der Waals surface area contributed by atoms with E-state index in [1.165, 1.54) is 12.8 Å². The van der Waals surface area contributed by atoms with Crippen molar-refractivity contribution >= 4 is 22.3 Å². The smallest absolute Gasteiger partial charge is 0.186 e. The normalized spacial score (nSPS) is 15.2. The van der Waals surface area contributed by atoms with Crippen LogP contribution in [0.25, 0.3) is 0 Å². The molecule has 0 aromatic carbocycles. The third kappa shape index (κ3) is 2.12. The van der Waals surface area contributed by atoms with E-state index < -0.39 is 0 Å². The van der Waals surface area contributed by atoms with Crippen molar-refractivity contribution in [2.24, 2.45) is 0 Å². The van der Waals surface area contributed by atoms with Gasteiger partial charge < -0.3 is 4.90 Å². The summed E-state index contributed by atoms with van der Waals surface area (Å²) >= 11 is 1.56. The van der Waals surface area contributed by atoms with E-state index in [-0.39, 0.29) is 5.78 Å². The predicted molar refractivity (Wildman–Crippen MR) is 67.7 cm³/mol. The minimum atomic E-state index is 0.165. The summed E-state index contributed by atoms with van der Waals surface area (Å²) < 4.78 is 0. The minimum absolute atomic E-state index is 0.165. The van der Waals surface area contributed by atoms with Crippen molar-refractivity contribution in [3.63, 3.8) is 0 Å². The second kappa shape index (κ2) is 4.53. The van der Waals surface area contributed by atoms with Crippen LogP contribution in [0.3, 0.4) is 0 Å². The molecule has 1 saturated carbocycles. The van der Waals surface area contributed by atoms with Crippen LogP contribution in [0.2, 0.25) is 0 Å². The lowest BCUT2D eigenvalue weighted by molar-refractivity contribution is 0.102. The number of hydrogen-bond donors (Lipinski definition) is 0. The Morgan fingerprint density at radius 2 is 2.06 bits per heavy atom. The fraction of sp³-hybridized carbons (Fsp3) is 0.667. The van der Waals surface area contributed by atoms with Gasteiger partial charge in [0.1, 0.15) is 0 Å². The summed E-state index contributed by atoms with van der Waals surface area (Å²) in [6.07, 6.45) is 2.39. The maximum atomic E-state index is 11.6. The highest BCUT2D eigenvalue weighted by Crippen LogP contribution is 2.44. The second-order valence-corrected chi connectivity index (χ2v) is 5.19. The molecule has 0 aliphatic heterocycles. The first-order valence-corrected chi connectivity index (χ1v) is 6.75. The van der Waals surface area contributed by atoms with Gasteiger partial charge in [0, 0.05) is 25.9 Å². The Morgan fingerprint density at radius 1 is 1.44 bits per heavy atom. The zero-order valence-electron chi connectivity index (χ0n) is 10.1. The number of ketones is 1. The monoisotopic (exact) mass is 238 g/mol. The van der Waals surface area contributed by atoms with Crippen molar-refractivity contribution in [1.29, 1.82) is 0 Å². The molecule has 0 N–H and O–H groups in total. The average molecular weight is 238 g/mol. The largest absolute Gasteiger partial charge is 0.349 e. The summed E-state index contributed by atoms with van der Waals surface area (Å²) in [4.78, 5) is 19.3. The highest BCUT2D eigenvalue weighted by Gasteiger charge is 2.31. The molecule has 0 atom stereocenters. The Morgan fingerprint density at radius 3 is 2.50 bits per heavy atom. The Hall–Kier alpha value is -0.900. The third-order valence-electron chi connectivity index (χ3n) is 2.96. The molecule has 1 aromatic rings. The Labute approximate surface area is 100 Å². The van der Waals surface area contributed by atoms with Crippen LogP contribution in [-0.4, -0.2) is 23.9 Å². The summed E-state index contributed by atoms with van der Waals surface area (Å²) in [7, 11) is 0. The van der Waals surface area contributed by atoms with Crippen LogP contribution >= 0.6 is 11.3 Å². The number of hydrogen-bond acceptors (Lipinski definition) is 4. The van der Waals surface area contributed by atoms with Crippen LogP contribution in [0.1, 0.15) is 54.9 Å². The lowest BCUT2D eigenvalue weighted by Gasteiger charge is -2.16. The number of anilines is 1. The van der Waals surface area contributed by atoms with Gasteiger partial charge in [0.15, 0.2) is 10.9 Å². The highest BCUT2D eigenvalue weighted by atomic mass is 32.1. The summed E-state index contributed by atoms with van der Waals surface area (Å²) in [5.74, 6) is 0.720. The average Bonchev–Trinajstić information content (AvgIpc) is 3.01. The van der Waals surface area contributed by atoms with E-state index in [4.69, 9.17) is 0 Å². The van der Waals surface area contributed by atoms with Gasteiger partial charge in [-0.2, -0.15) is 0 Å². The molecule has 1 fully saturated rings. The van der Waals surface area contributed by atoms with Crippen LogP contribution in [0.5, 0.6) is 0 Å². The molecule has 1 aliphatic carbocycles. The van der Waals surface area contributed by atoms with E-state index in [9.17, 15) is 4.79 Å². The summed E-state index contributed by atoms with van der Waals surface area (Å²) in [6, 6.07) is 0. The number of carbonyl (C=O) groups excluding carboxylic acids is 1. The highest BCUT2D eigenvalue weighted by molar-refractivity contribution is 7.17. The number of rotatable bonds is 5. The van der Waals surface area contributed by atoms with E-state index in [1.54, 1.807) is 18.3 Å². The molecule has 1 heterocycles. The van der Waals surface area contributed by atoms with E-state index in [0.717, 1.165) is 28.8 Å². The van der Waals surface area contributed by atoms with Crippen LogP contribution < -0.4 is 4.90 Å². The van der Waals surface area contributed by atoms with Crippen LogP contribution in [0.15, 0.2) is 0 Å². The van der Waals surface area contributed by atoms with Gasteiger partial charge in [-0.15, -0.1) is 0 Å². The molecule has 1 aliphatic rings. The van der Waals surface area contributed by atoms with Gasteiger partial charge in [-0.3, -0.25) is 4.79 Å². The molecule has 0 spiro atoms. The Kier molecular flexibility index (Phi) is 3.28. The fourth-order valence-corrected chi connectivity index (χ4v) is 3.01. The minimum Gasteiger partial charge on any atom is -0.349 e. The van der Waals surface area contributed by atoms with Crippen LogP contribution in [-0.2, 0) is 0 Å². The number of thiazole rings is 1. The van der Waals surface area contributed by atoms with Gasteiger partial charge in [0.25, 0.3) is 0 Å². The summed E-state index contributed by atoms with van der Waals surface area (Å²) in [5, 5.41) is 1.01. The maximum absolute atomic E-state index is 11.6. The molecule has 3 nitrogen and oxygen atoms in total. The number of nitrogens with zero attached hydrogens (tertiary/aromatic N) is 2. The standard InChI is InChI=1S/C12H18N2OS/c1-4-14(5-2)12-13-10(9-6-7-9)11(16-12)8(3)15/h9H,4-7H2,1-3H3. The first-order valence-electron chi connectivity index (χ1n) is 5.94. The van der Waals surface area contributed by atoms with Crippen molar-refractivity contribution in [1.82, 2.24) is 4.98 Å². The van der Waals surface area contributed by atoms with Crippen molar-refractivity contribution in [2.75, 3.05) is 18.0 Å². The van der Waals surface area contributed by atoms with E-state index in [0.29, 0.717) is 5.92 Å². The van der Waals surface area contributed by atoms with Crippen molar-refractivity contribution in [3.05, 3.63) is 10.6 Å². The van der Waals surface area contributed by atoms with Crippen molar-refractivity contribution in [3.8, 4) is 0 Å². The second-order valence-electron chi connectivity index (χ2n) is 4.21. The maximum Gasteiger partial charge on any atom is 0.186 e. The molecule has 0 amide bonds. The number of aromatic nitrogens is 1. The van der Waals surface area contributed by atoms with Crippen molar-refractivity contribution in [2.45, 2.75) is 39.5 Å². The Bertz CT molecular complexity index is 392. The molecule has 0 bridgehead atoms. The van der Waals surface area contributed by atoms with Gasteiger partial charge >= 0.3 is 0 Å². The third-order valence-corrected chi connectivity index (χ3v) is 4.19. The van der Waals surface area contributed by atoms with Gasteiger partial charge in [0.2, 0.25) is 0 Å². The van der Waals surface area contributed by atoms with Crippen LogP contribution in [0, 0.1) is 0 Å².